The predicted octanol–water partition coefficient (Wildman–Crippen LogP) is 1.93. The molecule has 3 heterocycles. The number of ether oxygens (including phenoxy) is 2. The first kappa shape index (κ1) is 17.1. The quantitative estimate of drug-likeness (QED) is 0.774. The molecule has 5 rings (SSSR count). The number of quaternary nitrogens is 1. The van der Waals surface area contributed by atoms with E-state index in [4.69, 9.17) is 9.47 Å². The fourth-order valence-corrected chi connectivity index (χ4v) is 4.15. The number of Topliss-reactive ketones (excluding diaryl/α,β-unsaturated/α-hetero) is 1. The summed E-state index contributed by atoms with van der Waals surface area (Å²) in [5.41, 5.74) is 1.22. The Bertz CT molecular complexity index is 721. The Balaban J connectivity index is 1.25. The first-order valence-corrected chi connectivity index (χ1v) is 9.57. The molecule has 1 atom stereocenters. The van der Waals surface area contributed by atoms with Crippen molar-refractivity contribution < 1.29 is 19.2 Å². The van der Waals surface area contributed by atoms with E-state index < -0.39 is 0 Å². The van der Waals surface area contributed by atoms with Gasteiger partial charge in [0.25, 0.3) is 0 Å². The smallest absolute Gasteiger partial charge is 0.193 e. The van der Waals surface area contributed by atoms with Crippen LogP contribution in [0, 0.1) is 5.92 Å². The number of hydrogen-bond acceptors (Lipinski definition) is 3. The minimum Gasteiger partial charge on any atom is -0.490 e. The highest BCUT2D eigenvalue weighted by atomic mass is 16.5. The second-order valence-electron chi connectivity index (χ2n) is 7.25. The van der Waals surface area contributed by atoms with Crippen molar-refractivity contribution in [2.45, 2.75) is 25.3 Å². The van der Waals surface area contributed by atoms with E-state index in [-0.39, 0.29) is 6.04 Å². The number of carbonyl (C=O) groups excluding carboxylic acids is 1. The number of piperidine rings is 3. The van der Waals surface area contributed by atoms with E-state index in [2.05, 4.69) is 12.1 Å². The Morgan fingerprint density at radius 1 is 0.846 bits per heavy atom. The van der Waals surface area contributed by atoms with Crippen LogP contribution in [0.5, 0.6) is 11.5 Å². The lowest BCUT2D eigenvalue weighted by Crippen LogP contribution is -3.20. The van der Waals surface area contributed by atoms with Gasteiger partial charge in [0.15, 0.2) is 11.8 Å². The van der Waals surface area contributed by atoms with Crippen LogP contribution in [0.3, 0.4) is 0 Å². The normalized spacial score (nSPS) is 24.5. The standard InChI is InChI=1S/C22H25NO3/c24-22-18-10-12-23(13-11-18)21(22)16-17-6-8-20(9-7-17)26-15-14-25-19-4-2-1-3-5-19/h1-9,18,21H,10-16H2/p+1/t21-/m0/s1. The van der Waals surface area contributed by atoms with E-state index >= 15 is 0 Å². The Morgan fingerprint density at radius 3 is 2.08 bits per heavy atom. The Kier molecular flexibility index (Phi) is 5.21. The number of para-hydroxylation sites is 1. The van der Waals surface area contributed by atoms with Crippen molar-refractivity contribution in [2.24, 2.45) is 5.92 Å². The van der Waals surface area contributed by atoms with Gasteiger partial charge in [0, 0.05) is 25.2 Å². The first-order chi connectivity index (χ1) is 12.8. The van der Waals surface area contributed by atoms with Gasteiger partial charge in [-0.25, -0.2) is 0 Å². The van der Waals surface area contributed by atoms with Crippen molar-refractivity contribution in [1.29, 1.82) is 0 Å². The van der Waals surface area contributed by atoms with Gasteiger partial charge in [0.05, 0.1) is 13.1 Å². The summed E-state index contributed by atoms with van der Waals surface area (Å²) in [6, 6.07) is 18.1. The summed E-state index contributed by atoms with van der Waals surface area (Å²) >= 11 is 0. The molecule has 0 spiro atoms. The Morgan fingerprint density at radius 2 is 1.46 bits per heavy atom. The van der Waals surface area contributed by atoms with Crippen molar-refractivity contribution in [3.63, 3.8) is 0 Å². The molecule has 4 heteroatoms. The van der Waals surface area contributed by atoms with Gasteiger partial charge >= 0.3 is 0 Å². The SMILES string of the molecule is O=C1C2CC[NH+](CC2)[C@H]1Cc1ccc(OCCOc2ccccc2)cc1. The summed E-state index contributed by atoms with van der Waals surface area (Å²) in [4.78, 5) is 14.0. The van der Waals surface area contributed by atoms with Crippen molar-refractivity contribution in [2.75, 3.05) is 26.3 Å². The van der Waals surface area contributed by atoms with Crippen LogP contribution < -0.4 is 14.4 Å². The lowest BCUT2D eigenvalue weighted by Gasteiger charge is -2.41. The van der Waals surface area contributed by atoms with E-state index in [1.807, 2.05) is 42.5 Å². The highest BCUT2D eigenvalue weighted by Gasteiger charge is 2.44. The second-order valence-corrected chi connectivity index (χ2v) is 7.25. The van der Waals surface area contributed by atoms with Crippen LogP contribution in [0.4, 0.5) is 0 Å². The maximum atomic E-state index is 12.5. The molecule has 2 bridgehead atoms. The van der Waals surface area contributed by atoms with Crippen LogP contribution in [-0.4, -0.2) is 38.1 Å². The number of fused-ring (bicyclic) bond motifs is 3. The van der Waals surface area contributed by atoms with Crippen molar-refractivity contribution in [1.82, 2.24) is 0 Å². The summed E-state index contributed by atoms with van der Waals surface area (Å²) in [6.45, 7) is 3.34. The maximum absolute atomic E-state index is 12.5. The Labute approximate surface area is 154 Å². The molecule has 0 aromatic heterocycles. The van der Waals surface area contributed by atoms with Crippen molar-refractivity contribution in [3.8, 4) is 11.5 Å². The van der Waals surface area contributed by atoms with Crippen LogP contribution in [0.25, 0.3) is 0 Å². The van der Waals surface area contributed by atoms with Gasteiger partial charge in [-0.1, -0.05) is 30.3 Å². The lowest BCUT2D eigenvalue weighted by molar-refractivity contribution is -0.927. The summed E-state index contributed by atoms with van der Waals surface area (Å²) < 4.78 is 11.4. The van der Waals surface area contributed by atoms with Crippen LogP contribution in [0.1, 0.15) is 18.4 Å². The molecule has 3 aliphatic heterocycles. The molecule has 0 saturated carbocycles. The van der Waals surface area contributed by atoms with Gasteiger partial charge in [0.1, 0.15) is 24.7 Å². The van der Waals surface area contributed by atoms with Gasteiger partial charge in [-0.2, -0.15) is 0 Å². The van der Waals surface area contributed by atoms with E-state index in [1.54, 1.807) is 0 Å². The van der Waals surface area contributed by atoms with E-state index in [1.165, 1.54) is 10.5 Å². The average Bonchev–Trinajstić information content (AvgIpc) is 2.70. The monoisotopic (exact) mass is 352 g/mol. The van der Waals surface area contributed by atoms with Crippen LogP contribution in [0.2, 0.25) is 0 Å². The Hall–Kier alpha value is -2.33. The largest absolute Gasteiger partial charge is 0.490 e. The zero-order chi connectivity index (χ0) is 17.8. The van der Waals surface area contributed by atoms with E-state index in [0.717, 1.165) is 43.9 Å². The predicted molar refractivity (Wildman–Crippen MR) is 99.8 cm³/mol. The highest BCUT2D eigenvalue weighted by Crippen LogP contribution is 2.21. The molecule has 2 aromatic rings. The molecule has 3 fully saturated rings. The minimum absolute atomic E-state index is 0.161. The van der Waals surface area contributed by atoms with Gasteiger partial charge in [-0.3, -0.25) is 4.79 Å². The minimum atomic E-state index is 0.161. The molecular formula is C22H26NO3+. The molecular weight excluding hydrogens is 326 g/mol. The van der Waals surface area contributed by atoms with Crippen LogP contribution in [0.15, 0.2) is 54.6 Å². The molecule has 136 valence electrons. The third-order valence-corrected chi connectivity index (χ3v) is 5.59. The zero-order valence-electron chi connectivity index (χ0n) is 15.0. The number of rotatable bonds is 7. The van der Waals surface area contributed by atoms with Crippen molar-refractivity contribution in [3.05, 3.63) is 60.2 Å². The third-order valence-electron chi connectivity index (χ3n) is 5.59. The number of hydrogen-bond donors (Lipinski definition) is 1. The fraction of sp³-hybridized carbons (Fsp3) is 0.409. The van der Waals surface area contributed by atoms with Gasteiger partial charge < -0.3 is 14.4 Å². The summed E-state index contributed by atoms with van der Waals surface area (Å²) in [5.74, 6) is 2.51. The van der Waals surface area contributed by atoms with E-state index in [9.17, 15) is 4.79 Å². The molecule has 2 aromatic carbocycles. The second kappa shape index (κ2) is 7.92. The van der Waals surface area contributed by atoms with Crippen LogP contribution in [-0.2, 0) is 11.2 Å². The number of ketones is 1. The molecule has 3 saturated heterocycles. The summed E-state index contributed by atoms with van der Waals surface area (Å²) in [5, 5.41) is 0. The van der Waals surface area contributed by atoms with Gasteiger partial charge in [-0.15, -0.1) is 0 Å². The molecule has 0 radical (unpaired) electrons. The number of carbonyl (C=O) groups is 1. The van der Waals surface area contributed by atoms with E-state index in [0.29, 0.717) is 24.9 Å². The molecule has 0 aliphatic carbocycles. The summed E-state index contributed by atoms with van der Waals surface area (Å²) in [7, 11) is 0. The van der Waals surface area contributed by atoms with Crippen LogP contribution >= 0.6 is 0 Å². The summed E-state index contributed by atoms with van der Waals surface area (Å²) in [6.07, 6.45) is 3.02. The third kappa shape index (κ3) is 3.91. The highest BCUT2D eigenvalue weighted by molar-refractivity contribution is 5.86. The molecule has 3 aliphatic rings. The van der Waals surface area contributed by atoms with Gasteiger partial charge in [-0.05, 0) is 29.8 Å². The fourth-order valence-electron chi connectivity index (χ4n) is 4.15. The topological polar surface area (TPSA) is 40.0 Å². The zero-order valence-corrected chi connectivity index (χ0v) is 15.0. The first-order valence-electron chi connectivity index (χ1n) is 9.57. The molecule has 26 heavy (non-hydrogen) atoms. The molecule has 0 amide bonds. The lowest BCUT2D eigenvalue weighted by atomic mass is 9.80. The van der Waals surface area contributed by atoms with Crippen molar-refractivity contribution >= 4 is 5.78 Å². The molecule has 1 N–H and O–H groups in total. The van der Waals surface area contributed by atoms with Gasteiger partial charge in [0.2, 0.25) is 0 Å². The number of benzene rings is 2. The maximum Gasteiger partial charge on any atom is 0.193 e. The number of nitrogens with one attached hydrogen (secondary N) is 1. The molecule has 4 nitrogen and oxygen atoms in total. The molecule has 0 unspecified atom stereocenters. The average molecular weight is 352 g/mol.